The van der Waals surface area contributed by atoms with Gasteiger partial charge >= 0.3 is 0 Å². The summed E-state index contributed by atoms with van der Waals surface area (Å²) in [6, 6.07) is 3.22. The fraction of sp³-hybridized carbons (Fsp3) is 0.500. The number of halogens is 1. The summed E-state index contributed by atoms with van der Waals surface area (Å²) in [6.45, 7) is 7.48. The van der Waals surface area contributed by atoms with E-state index in [2.05, 4.69) is 0 Å². The van der Waals surface area contributed by atoms with Crippen molar-refractivity contribution in [3.05, 3.63) is 34.6 Å². The minimum Gasteiger partial charge on any atom is -0.329 e. The van der Waals surface area contributed by atoms with Gasteiger partial charge in [-0.3, -0.25) is 4.79 Å². The van der Waals surface area contributed by atoms with E-state index in [1.165, 1.54) is 6.07 Å². The summed E-state index contributed by atoms with van der Waals surface area (Å²) in [5, 5.41) is 0. The average Bonchev–Trinajstić information content (AvgIpc) is 2.26. The van der Waals surface area contributed by atoms with Gasteiger partial charge in [0.25, 0.3) is 0 Å². The number of Topliss-reactive ketones (excluding diaryl/α,β-unsaturated/α-hetero) is 1. The van der Waals surface area contributed by atoms with Gasteiger partial charge in [-0.2, -0.15) is 0 Å². The summed E-state index contributed by atoms with van der Waals surface area (Å²) in [4.78, 5) is 12.4. The molecule has 0 aromatic heterocycles. The number of carbonyl (C=O) groups is 1. The number of hydrogen-bond acceptors (Lipinski definition) is 2. The van der Waals surface area contributed by atoms with Crippen molar-refractivity contribution in [1.29, 1.82) is 0 Å². The van der Waals surface area contributed by atoms with E-state index < -0.39 is 11.2 Å². The Morgan fingerprint density at radius 3 is 2.41 bits per heavy atom. The van der Waals surface area contributed by atoms with E-state index >= 15 is 0 Å². The molecule has 3 heteroatoms. The monoisotopic (exact) mass is 237 g/mol. The average molecular weight is 237 g/mol. The first-order valence-corrected chi connectivity index (χ1v) is 5.87. The maximum atomic E-state index is 13.9. The standard InChI is InChI=1S/C14H20FNO/c1-5-14(4,8-16)13(17)12-10(3)6-9(2)7-11(12)15/h6-7H,5,8,16H2,1-4H3. The van der Waals surface area contributed by atoms with E-state index in [9.17, 15) is 9.18 Å². The Labute approximate surface area is 102 Å². The van der Waals surface area contributed by atoms with Crippen molar-refractivity contribution in [2.75, 3.05) is 6.54 Å². The molecule has 0 aliphatic carbocycles. The topological polar surface area (TPSA) is 43.1 Å². The predicted octanol–water partition coefficient (Wildman–Crippen LogP) is 3.00. The second-order valence-corrected chi connectivity index (χ2v) is 4.89. The van der Waals surface area contributed by atoms with Crippen LogP contribution < -0.4 is 5.73 Å². The molecule has 2 nitrogen and oxygen atoms in total. The first-order chi connectivity index (χ1) is 7.85. The molecule has 0 radical (unpaired) electrons. The van der Waals surface area contributed by atoms with Crippen molar-refractivity contribution >= 4 is 5.78 Å². The number of rotatable bonds is 4. The van der Waals surface area contributed by atoms with Crippen LogP contribution in [0, 0.1) is 25.1 Å². The molecule has 0 saturated carbocycles. The zero-order valence-electron chi connectivity index (χ0n) is 10.9. The van der Waals surface area contributed by atoms with Gasteiger partial charge in [-0.25, -0.2) is 4.39 Å². The van der Waals surface area contributed by atoms with Crippen molar-refractivity contribution in [1.82, 2.24) is 0 Å². The highest BCUT2D eigenvalue weighted by atomic mass is 19.1. The zero-order valence-corrected chi connectivity index (χ0v) is 10.9. The van der Waals surface area contributed by atoms with E-state index in [1.54, 1.807) is 13.8 Å². The quantitative estimate of drug-likeness (QED) is 0.818. The lowest BCUT2D eigenvalue weighted by Crippen LogP contribution is -2.36. The molecule has 0 fully saturated rings. The normalized spacial score (nSPS) is 14.5. The SMILES string of the molecule is CCC(C)(CN)C(=O)c1c(C)cc(C)cc1F. The van der Waals surface area contributed by atoms with Crippen LogP contribution in [0.15, 0.2) is 12.1 Å². The van der Waals surface area contributed by atoms with E-state index in [1.807, 2.05) is 19.9 Å². The zero-order chi connectivity index (χ0) is 13.2. The summed E-state index contributed by atoms with van der Waals surface area (Å²) in [5.74, 6) is -0.641. The summed E-state index contributed by atoms with van der Waals surface area (Å²) >= 11 is 0. The molecule has 94 valence electrons. The smallest absolute Gasteiger partial charge is 0.173 e. The minimum absolute atomic E-state index is 0.186. The number of benzene rings is 1. The Bertz CT molecular complexity index is 413. The highest BCUT2D eigenvalue weighted by Crippen LogP contribution is 2.28. The summed E-state index contributed by atoms with van der Waals surface area (Å²) < 4.78 is 13.9. The molecule has 1 atom stereocenters. The van der Waals surface area contributed by atoms with Crippen LogP contribution in [0.25, 0.3) is 0 Å². The molecular formula is C14H20FNO. The molecule has 1 aromatic rings. The molecule has 0 aliphatic rings. The van der Waals surface area contributed by atoms with Crippen molar-refractivity contribution in [3.8, 4) is 0 Å². The molecular weight excluding hydrogens is 217 g/mol. The van der Waals surface area contributed by atoms with Gasteiger partial charge in [0.1, 0.15) is 5.82 Å². The molecule has 0 bridgehead atoms. The van der Waals surface area contributed by atoms with Gasteiger partial charge in [0, 0.05) is 12.0 Å². The second kappa shape index (κ2) is 4.96. The maximum Gasteiger partial charge on any atom is 0.173 e. The number of hydrogen-bond donors (Lipinski definition) is 1. The van der Waals surface area contributed by atoms with Crippen molar-refractivity contribution < 1.29 is 9.18 Å². The van der Waals surface area contributed by atoms with Gasteiger partial charge in [0.2, 0.25) is 0 Å². The van der Waals surface area contributed by atoms with Crippen LogP contribution in [0.4, 0.5) is 4.39 Å². The Hall–Kier alpha value is -1.22. The number of carbonyl (C=O) groups excluding carboxylic acids is 1. The lowest BCUT2D eigenvalue weighted by atomic mass is 9.78. The van der Waals surface area contributed by atoms with Crippen LogP contribution in [0.1, 0.15) is 41.8 Å². The van der Waals surface area contributed by atoms with Crippen LogP contribution in [-0.2, 0) is 0 Å². The van der Waals surface area contributed by atoms with E-state index in [0.29, 0.717) is 12.0 Å². The maximum absolute atomic E-state index is 13.9. The predicted molar refractivity (Wildman–Crippen MR) is 67.7 cm³/mol. The Morgan fingerprint density at radius 1 is 1.41 bits per heavy atom. The van der Waals surface area contributed by atoms with Crippen LogP contribution in [0.5, 0.6) is 0 Å². The fourth-order valence-corrected chi connectivity index (χ4v) is 1.90. The van der Waals surface area contributed by atoms with Gasteiger partial charge in [-0.15, -0.1) is 0 Å². The van der Waals surface area contributed by atoms with Gasteiger partial charge in [-0.05, 0) is 37.5 Å². The van der Waals surface area contributed by atoms with Crippen molar-refractivity contribution in [3.63, 3.8) is 0 Å². The first-order valence-electron chi connectivity index (χ1n) is 5.87. The first kappa shape index (κ1) is 13.8. The Balaban J connectivity index is 3.30. The fourth-order valence-electron chi connectivity index (χ4n) is 1.90. The third-order valence-corrected chi connectivity index (χ3v) is 3.44. The molecule has 2 N–H and O–H groups in total. The van der Waals surface area contributed by atoms with Gasteiger partial charge < -0.3 is 5.73 Å². The Kier molecular flexibility index (Phi) is 4.04. The van der Waals surface area contributed by atoms with Crippen molar-refractivity contribution in [2.45, 2.75) is 34.1 Å². The summed E-state index contributed by atoms with van der Waals surface area (Å²) in [6.07, 6.45) is 0.606. The number of aryl methyl sites for hydroxylation is 2. The van der Waals surface area contributed by atoms with E-state index in [4.69, 9.17) is 5.73 Å². The minimum atomic E-state index is -0.680. The van der Waals surface area contributed by atoms with Gasteiger partial charge in [-0.1, -0.05) is 19.9 Å². The molecule has 0 saturated heterocycles. The molecule has 0 heterocycles. The third kappa shape index (κ3) is 2.55. The van der Waals surface area contributed by atoms with Crippen LogP contribution in [0.2, 0.25) is 0 Å². The summed E-state index contributed by atoms with van der Waals surface area (Å²) in [7, 11) is 0. The number of ketones is 1. The third-order valence-electron chi connectivity index (χ3n) is 3.44. The molecule has 1 aromatic carbocycles. The number of nitrogens with two attached hydrogens (primary N) is 1. The highest BCUT2D eigenvalue weighted by Gasteiger charge is 2.33. The molecule has 1 rings (SSSR count). The lowest BCUT2D eigenvalue weighted by molar-refractivity contribution is 0.0815. The molecule has 17 heavy (non-hydrogen) atoms. The van der Waals surface area contributed by atoms with E-state index in [-0.39, 0.29) is 17.9 Å². The molecule has 0 spiro atoms. The largest absolute Gasteiger partial charge is 0.329 e. The molecule has 0 amide bonds. The second-order valence-electron chi connectivity index (χ2n) is 4.89. The van der Waals surface area contributed by atoms with Crippen LogP contribution >= 0.6 is 0 Å². The van der Waals surface area contributed by atoms with Gasteiger partial charge in [0.15, 0.2) is 5.78 Å². The van der Waals surface area contributed by atoms with Crippen LogP contribution in [-0.4, -0.2) is 12.3 Å². The van der Waals surface area contributed by atoms with Crippen molar-refractivity contribution in [2.24, 2.45) is 11.1 Å². The molecule has 1 unspecified atom stereocenters. The Morgan fingerprint density at radius 2 is 2.00 bits per heavy atom. The van der Waals surface area contributed by atoms with Crippen LogP contribution in [0.3, 0.4) is 0 Å². The highest BCUT2D eigenvalue weighted by molar-refractivity contribution is 6.01. The lowest BCUT2D eigenvalue weighted by Gasteiger charge is -2.25. The van der Waals surface area contributed by atoms with E-state index in [0.717, 1.165) is 5.56 Å². The summed E-state index contributed by atoms with van der Waals surface area (Å²) in [5.41, 5.74) is 6.65. The molecule has 0 aliphatic heterocycles. The van der Waals surface area contributed by atoms with Gasteiger partial charge in [0.05, 0.1) is 5.56 Å².